The Morgan fingerprint density at radius 3 is 2.70 bits per heavy atom. The molecule has 124 valence electrons. The van der Waals surface area contributed by atoms with Crippen molar-refractivity contribution in [3.8, 4) is 17.2 Å². The number of carboxylic acid groups (broad SMARTS) is 1. The van der Waals surface area contributed by atoms with Crippen molar-refractivity contribution in [3.63, 3.8) is 0 Å². The van der Waals surface area contributed by atoms with Gasteiger partial charge in [-0.15, -0.1) is 0 Å². The highest BCUT2D eigenvalue weighted by Gasteiger charge is 2.42. The number of rotatable bonds is 4. The summed E-state index contributed by atoms with van der Waals surface area (Å²) in [6.07, 6.45) is 5.36. The first-order valence-electron chi connectivity index (χ1n) is 7.82. The molecule has 0 amide bonds. The molecule has 6 heteroatoms. The number of carbonyl (C=O) groups is 2. The van der Waals surface area contributed by atoms with Crippen LogP contribution in [0.4, 0.5) is 0 Å². The zero-order chi connectivity index (χ0) is 16.4. The van der Waals surface area contributed by atoms with Gasteiger partial charge < -0.3 is 19.3 Å². The average Bonchev–Trinajstić information content (AvgIpc) is 2.52. The van der Waals surface area contributed by atoms with Gasteiger partial charge >= 0.3 is 5.97 Å². The van der Waals surface area contributed by atoms with Crippen LogP contribution in [0.1, 0.15) is 48.9 Å². The number of carboxylic acids is 1. The van der Waals surface area contributed by atoms with Crippen LogP contribution in [-0.2, 0) is 4.79 Å². The van der Waals surface area contributed by atoms with Gasteiger partial charge in [0.2, 0.25) is 0 Å². The fourth-order valence-electron chi connectivity index (χ4n) is 3.44. The summed E-state index contributed by atoms with van der Waals surface area (Å²) in [5, 5.41) is 8.74. The lowest BCUT2D eigenvalue weighted by molar-refractivity contribution is -0.139. The van der Waals surface area contributed by atoms with E-state index in [9.17, 15) is 9.59 Å². The lowest BCUT2D eigenvalue weighted by Gasteiger charge is -2.41. The van der Waals surface area contributed by atoms with Crippen LogP contribution in [0.25, 0.3) is 0 Å². The maximum atomic E-state index is 12.6. The molecule has 1 fully saturated rings. The van der Waals surface area contributed by atoms with Gasteiger partial charge in [-0.2, -0.15) is 0 Å². The van der Waals surface area contributed by atoms with E-state index in [0.29, 0.717) is 29.2 Å². The van der Waals surface area contributed by atoms with Gasteiger partial charge in [0.05, 0.1) is 13.5 Å². The van der Waals surface area contributed by atoms with Gasteiger partial charge in [-0.05, 0) is 25.7 Å². The lowest BCUT2D eigenvalue weighted by Crippen LogP contribution is -2.43. The molecule has 3 rings (SSSR count). The molecule has 0 aromatic heterocycles. The second-order valence-corrected chi connectivity index (χ2v) is 6.13. The highest BCUT2D eigenvalue weighted by molar-refractivity contribution is 6.03. The van der Waals surface area contributed by atoms with Crippen LogP contribution < -0.4 is 14.2 Å². The second kappa shape index (κ2) is 6.10. The molecule has 0 atom stereocenters. The zero-order valence-corrected chi connectivity index (χ0v) is 13.1. The highest BCUT2D eigenvalue weighted by atomic mass is 16.5. The zero-order valence-electron chi connectivity index (χ0n) is 13.1. The molecule has 6 nitrogen and oxygen atoms in total. The van der Waals surface area contributed by atoms with Crippen LogP contribution >= 0.6 is 0 Å². The molecule has 1 saturated carbocycles. The fraction of sp³-hybridized carbons (Fsp3) is 0.529. The minimum absolute atomic E-state index is 0.00906. The minimum Gasteiger partial charge on any atom is -0.496 e. The van der Waals surface area contributed by atoms with E-state index in [4.69, 9.17) is 19.3 Å². The van der Waals surface area contributed by atoms with E-state index in [-0.39, 0.29) is 5.78 Å². The first-order chi connectivity index (χ1) is 11.0. The van der Waals surface area contributed by atoms with Crippen molar-refractivity contribution in [2.24, 2.45) is 0 Å². The molecule has 1 aromatic rings. The normalized spacial score (nSPS) is 18.9. The van der Waals surface area contributed by atoms with Gasteiger partial charge in [-0.25, -0.2) is 4.79 Å². The molecule has 0 unspecified atom stereocenters. The predicted molar refractivity (Wildman–Crippen MR) is 81.5 cm³/mol. The summed E-state index contributed by atoms with van der Waals surface area (Å²) in [6.45, 7) is -0.457. The Morgan fingerprint density at radius 2 is 2.04 bits per heavy atom. The number of ketones is 1. The summed E-state index contributed by atoms with van der Waals surface area (Å²) in [6, 6.07) is 3.12. The molecule has 1 aliphatic heterocycles. The van der Waals surface area contributed by atoms with Gasteiger partial charge in [0.25, 0.3) is 0 Å². The number of carbonyl (C=O) groups excluding carboxylic acids is 1. The van der Waals surface area contributed by atoms with Crippen LogP contribution in [-0.4, -0.2) is 36.2 Å². The standard InChI is InChI=1S/C17H20O6/c1-21-13-7-11(22-10-15(19)20)8-14-16(13)12(18)9-17(23-14)5-3-2-4-6-17/h7-8H,2-6,9-10H2,1H3,(H,19,20). The smallest absolute Gasteiger partial charge is 0.341 e. The molecule has 1 spiro atoms. The van der Waals surface area contributed by atoms with Gasteiger partial charge in [-0.3, -0.25) is 4.79 Å². The lowest BCUT2D eigenvalue weighted by atomic mass is 9.78. The Hall–Kier alpha value is -2.24. The third kappa shape index (κ3) is 3.11. The first kappa shape index (κ1) is 15.6. The topological polar surface area (TPSA) is 82.1 Å². The summed E-state index contributed by atoms with van der Waals surface area (Å²) >= 11 is 0. The highest BCUT2D eigenvalue weighted by Crippen LogP contribution is 2.46. The Kier molecular flexibility index (Phi) is 4.15. The minimum atomic E-state index is -1.07. The molecular weight excluding hydrogens is 300 g/mol. The van der Waals surface area contributed by atoms with Gasteiger partial charge in [0.1, 0.15) is 28.4 Å². The molecule has 0 radical (unpaired) electrons. The number of ether oxygens (including phenoxy) is 3. The number of Topliss-reactive ketones (excluding diaryl/α,β-unsaturated/α-hetero) is 1. The first-order valence-corrected chi connectivity index (χ1v) is 7.82. The van der Waals surface area contributed by atoms with Gasteiger partial charge in [0, 0.05) is 12.1 Å². The van der Waals surface area contributed by atoms with Crippen molar-refractivity contribution in [2.75, 3.05) is 13.7 Å². The largest absolute Gasteiger partial charge is 0.496 e. The molecule has 23 heavy (non-hydrogen) atoms. The molecule has 0 bridgehead atoms. The number of hydrogen-bond donors (Lipinski definition) is 1. The van der Waals surface area contributed by atoms with Crippen molar-refractivity contribution in [2.45, 2.75) is 44.1 Å². The van der Waals surface area contributed by atoms with E-state index in [1.165, 1.54) is 13.2 Å². The molecule has 1 aromatic carbocycles. The van der Waals surface area contributed by atoms with Gasteiger partial charge in [0.15, 0.2) is 12.4 Å². The summed E-state index contributed by atoms with van der Waals surface area (Å²) in [4.78, 5) is 23.3. The average molecular weight is 320 g/mol. The van der Waals surface area contributed by atoms with E-state index < -0.39 is 18.2 Å². The second-order valence-electron chi connectivity index (χ2n) is 6.13. The van der Waals surface area contributed by atoms with Crippen molar-refractivity contribution in [3.05, 3.63) is 17.7 Å². The Balaban J connectivity index is 1.95. The summed E-state index contributed by atoms with van der Waals surface area (Å²) in [7, 11) is 1.47. The summed E-state index contributed by atoms with van der Waals surface area (Å²) < 4.78 is 16.7. The van der Waals surface area contributed by atoms with Crippen molar-refractivity contribution in [1.82, 2.24) is 0 Å². The maximum absolute atomic E-state index is 12.6. The van der Waals surface area contributed by atoms with Gasteiger partial charge in [-0.1, -0.05) is 6.42 Å². The van der Waals surface area contributed by atoms with E-state index in [0.717, 1.165) is 32.1 Å². The van der Waals surface area contributed by atoms with Crippen molar-refractivity contribution in [1.29, 1.82) is 0 Å². The quantitative estimate of drug-likeness (QED) is 0.918. The Morgan fingerprint density at radius 1 is 1.30 bits per heavy atom. The fourth-order valence-corrected chi connectivity index (χ4v) is 3.44. The monoisotopic (exact) mass is 320 g/mol. The maximum Gasteiger partial charge on any atom is 0.341 e. The molecule has 2 aliphatic rings. The summed E-state index contributed by atoms with van der Waals surface area (Å²) in [5.41, 5.74) is -0.00921. The van der Waals surface area contributed by atoms with Crippen LogP contribution in [0.2, 0.25) is 0 Å². The Bertz CT molecular complexity index is 630. The third-order valence-corrected chi connectivity index (χ3v) is 4.47. The number of methoxy groups -OCH3 is 1. The molecule has 1 heterocycles. The SMILES string of the molecule is COc1cc(OCC(=O)O)cc2c1C(=O)CC1(CCCCC1)O2. The van der Waals surface area contributed by atoms with Crippen LogP contribution in [0.3, 0.4) is 0 Å². The van der Waals surface area contributed by atoms with Crippen molar-refractivity contribution >= 4 is 11.8 Å². The van der Waals surface area contributed by atoms with Crippen LogP contribution in [0, 0.1) is 0 Å². The number of hydrogen-bond acceptors (Lipinski definition) is 5. The van der Waals surface area contributed by atoms with E-state index in [1.807, 2.05) is 0 Å². The Labute approximate surface area is 134 Å². The molecule has 0 saturated heterocycles. The number of aliphatic carboxylic acids is 1. The number of fused-ring (bicyclic) bond motifs is 1. The van der Waals surface area contributed by atoms with E-state index >= 15 is 0 Å². The predicted octanol–water partition coefficient (Wildman–Crippen LogP) is 2.83. The van der Waals surface area contributed by atoms with E-state index in [1.54, 1.807) is 6.07 Å². The van der Waals surface area contributed by atoms with E-state index in [2.05, 4.69) is 0 Å². The number of benzene rings is 1. The van der Waals surface area contributed by atoms with Crippen molar-refractivity contribution < 1.29 is 28.9 Å². The molecule has 1 aliphatic carbocycles. The summed E-state index contributed by atoms with van der Waals surface area (Å²) in [5.74, 6) is 0.0577. The third-order valence-electron chi connectivity index (χ3n) is 4.47. The molecular formula is C17H20O6. The van der Waals surface area contributed by atoms with Crippen LogP contribution in [0.15, 0.2) is 12.1 Å². The molecule has 1 N–H and O–H groups in total. The van der Waals surface area contributed by atoms with Crippen LogP contribution in [0.5, 0.6) is 17.2 Å².